The first-order chi connectivity index (χ1) is 12.2. The second kappa shape index (κ2) is 8.53. The van der Waals surface area contributed by atoms with Gasteiger partial charge in [0, 0.05) is 24.8 Å². The Morgan fingerprint density at radius 3 is 2.38 bits per heavy atom. The molecular formula is C18H21ClN2O4S. The lowest BCUT2D eigenvalue weighted by molar-refractivity contribution is -0.115. The molecule has 2 aromatic rings. The van der Waals surface area contributed by atoms with Gasteiger partial charge in [-0.15, -0.1) is 0 Å². The van der Waals surface area contributed by atoms with Gasteiger partial charge in [-0.05, 0) is 42.8 Å². The fourth-order valence-corrected chi connectivity index (χ4v) is 3.43. The number of anilines is 1. The zero-order valence-electron chi connectivity index (χ0n) is 14.8. The molecule has 0 aliphatic carbocycles. The van der Waals surface area contributed by atoms with Crippen molar-refractivity contribution in [2.75, 3.05) is 26.0 Å². The van der Waals surface area contributed by atoms with Gasteiger partial charge < -0.3 is 10.1 Å². The van der Waals surface area contributed by atoms with E-state index in [0.29, 0.717) is 17.3 Å². The number of nitrogens with one attached hydrogen (secondary N) is 1. The fourth-order valence-electron chi connectivity index (χ4n) is 2.25. The summed E-state index contributed by atoms with van der Waals surface area (Å²) in [6.45, 7) is 2.10. The predicted octanol–water partition coefficient (Wildman–Crippen LogP) is 3.17. The third-order valence-corrected chi connectivity index (χ3v) is 5.65. The van der Waals surface area contributed by atoms with Crippen LogP contribution in [0.15, 0.2) is 47.4 Å². The highest BCUT2D eigenvalue weighted by Crippen LogP contribution is 2.29. The van der Waals surface area contributed by atoms with Gasteiger partial charge in [0.1, 0.15) is 10.6 Å². The van der Waals surface area contributed by atoms with Crippen LogP contribution in [0, 0.1) is 0 Å². The molecule has 0 aromatic heterocycles. The minimum atomic E-state index is -3.71. The number of sulfonamides is 1. The van der Waals surface area contributed by atoms with Gasteiger partial charge in [-0.2, -0.15) is 0 Å². The van der Waals surface area contributed by atoms with Crippen LogP contribution >= 0.6 is 11.6 Å². The van der Waals surface area contributed by atoms with Gasteiger partial charge in [0.2, 0.25) is 15.9 Å². The quantitative estimate of drug-likeness (QED) is 0.779. The average Bonchev–Trinajstić information content (AvgIpc) is 2.58. The lowest BCUT2D eigenvalue weighted by atomic mass is 10.1. The van der Waals surface area contributed by atoms with Gasteiger partial charge >= 0.3 is 0 Å². The van der Waals surface area contributed by atoms with Crippen molar-refractivity contribution in [2.45, 2.75) is 18.2 Å². The van der Waals surface area contributed by atoms with E-state index in [1.165, 1.54) is 26.2 Å². The van der Waals surface area contributed by atoms with E-state index in [0.717, 1.165) is 9.87 Å². The van der Waals surface area contributed by atoms with Crippen molar-refractivity contribution in [3.05, 3.63) is 53.1 Å². The van der Waals surface area contributed by atoms with E-state index in [-0.39, 0.29) is 23.0 Å². The van der Waals surface area contributed by atoms with E-state index in [2.05, 4.69) is 5.32 Å². The van der Waals surface area contributed by atoms with E-state index in [4.69, 9.17) is 16.3 Å². The molecule has 2 aromatic carbocycles. The number of hydrogen-bond donors (Lipinski definition) is 1. The highest BCUT2D eigenvalue weighted by molar-refractivity contribution is 7.89. The first-order valence-corrected chi connectivity index (χ1v) is 9.79. The van der Waals surface area contributed by atoms with Crippen LogP contribution in [-0.2, 0) is 21.2 Å². The largest absolute Gasteiger partial charge is 0.492 e. The zero-order chi connectivity index (χ0) is 19.3. The molecule has 2 rings (SSSR count). The van der Waals surface area contributed by atoms with Gasteiger partial charge in [0.05, 0.1) is 13.0 Å². The summed E-state index contributed by atoms with van der Waals surface area (Å²) in [7, 11) is -0.827. The molecule has 0 aliphatic rings. The lowest BCUT2D eigenvalue weighted by Gasteiger charge is -2.16. The summed E-state index contributed by atoms with van der Waals surface area (Å²) in [5.74, 6) is -0.0124. The van der Waals surface area contributed by atoms with Crippen molar-refractivity contribution >= 4 is 33.2 Å². The van der Waals surface area contributed by atoms with Crippen LogP contribution < -0.4 is 10.1 Å². The van der Waals surface area contributed by atoms with Gasteiger partial charge in [-0.1, -0.05) is 23.7 Å². The van der Waals surface area contributed by atoms with Gasteiger partial charge in [0.25, 0.3) is 0 Å². The van der Waals surface area contributed by atoms with E-state index < -0.39 is 10.0 Å². The highest BCUT2D eigenvalue weighted by atomic mass is 35.5. The third-order valence-electron chi connectivity index (χ3n) is 3.56. The van der Waals surface area contributed by atoms with Crippen LogP contribution in [0.1, 0.15) is 12.5 Å². The smallest absolute Gasteiger partial charge is 0.246 e. The van der Waals surface area contributed by atoms with Crippen molar-refractivity contribution in [1.82, 2.24) is 4.31 Å². The fraction of sp³-hybridized carbons (Fsp3) is 0.278. The maximum absolute atomic E-state index is 12.5. The van der Waals surface area contributed by atoms with E-state index in [1.807, 2.05) is 0 Å². The van der Waals surface area contributed by atoms with Gasteiger partial charge in [0.15, 0.2) is 0 Å². The summed E-state index contributed by atoms with van der Waals surface area (Å²) in [6, 6.07) is 11.5. The molecule has 140 valence electrons. The van der Waals surface area contributed by atoms with Crippen LogP contribution in [0.5, 0.6) is 5.75 Å². The maximum atomic E-state index is 12.5. The summed E-state index contributed by atoms with van der Waals surface area (Å²) in [5, 5.41) is 3.31. The molecule has 6 nitrogen and oxygen atoms in total. The summed E-state index contributed by atoms with van der Waals surface area (Å²) < 4.78 is 31.5. The Morgan fingerprint density at radius 2 is 1.81 bits per heavy atom. The van der Waals surface area contributed by atoms with Crippen molar-refractivity contribution in [1.29, 1.82) is 0 Å². The Kier molecular flexibility index (Phi) is 6.63. The Labute approximate surface area is 158 Å². The molecule has 0 heterocycles. The average molecular weight is 397 g/mol. The lowest BCUT2D eigenvalue weighted by Crippen LogP contribution is -2.23. The first kappa shape index (κ1) is 20.2. The minimum absolute atomic E-state index is 0.00800. The van der Waals surface area contributed by atoms with Crippen molar-refractivity contribution in [3.63, 3.8) is 0 Å². The van der Waals surface area contributed by atoms with Crippen LogP contribution in [0.2, 0.25) is 5.02 Å². The number of rotatable bonds is 7. The van der Waals surface area contributed by atoms with Crippen LogP contribution in [0.3, 0.4) is 0 Å². The molecule has 0 bridgehead atoms. The van der Waals surface area contributed by atoms with Crippen LogP contribution in [0.25, 0.3) is 0 Å². The van der Waals surface area contributed by atoms with Crippen molar-refractivity contribution < 1.29 is 17.9 Å². The molecule has 0 spiro atoms. The second-order valence-electron chi connectivity index (χ2n) is 5.73. The molecule has 0 saturated heterocycles. The standard InChI is InChI=1S/C18H21ClN2O4S/c1-4-25-16-10-9-15(12-17(16)26(23,24)21(2)3)20-18(22)11-13-5-7-14(19)8-6-13/h5-10,12H,4,11H2,1-3H3,(H,20,22). The summed E-state index contributed by atoms with van der Waals surface area (Å²) in [5.41, 5.74) is 1.19. The monoisotopic (exact) mass is 396 g/mol. The summed E-state index contributed by atoms with van der Waals surface area (Å²) in [4.78, 5) is 12.2. The molecule has 1 amide bonds. The molecule has 26 heavy (non-hydrogen) atoms. The van der Waals surface area contributed by atoms with E-state index >= 15 is 0 Å². The Morgan fingerprint density at radius 1 is 1.15 bits per heavy atom. The van der Waals surface area contributed by atoms with Gasteiger partial charge in [-0.3, -0.25) is 4.79 Å². The highest BCUT2D eigenvalue weighted by Gasteiger charge is 2.23. The molecule has 0 radical (unpaired) electrons. The van der Waals surface area contributed by atoms with Crippen molar-refractivity contribution in [2.24, 2.45) is 0 Å². The number of benzene rings is 2. The van der Waals surface area contributed by atoms with Crippen molar-refractivity contribution in [3.8, 4) is 5.75 Å². The number of halogens is 1. The minimum Gasteiger partial charge on any atom is -0.492 e. The topological polar surface area (TPSA) is 75.7 Å². The van der Waals surface area contributed by atoms with Crippen LogP contribution in [-0.4, -0.2) is 39.3 Å². The molecule has 1 N–H and O–H groups in total. The SMILES string of the molecule is CCOc1ccc(NC(=O)Cc2ccc(Cl)cc2)cc1S(=O)(=O)N(C)C. The number of hydrogen-bond acceptors (Lipinski definition) is 4. The number of carbonyl (C=O) groups excluding carboxylic acids is 1. The Hall–Kier alpha value is -2.09. The summed E-state index contributed by atoms with van der Waals surface area (Å²) >= 11 is 5.83. The predicted molar refractivity (Wildman–Crippen MR) is 102 cm³/mol. The number of amides is 1. The molecule has 0 atom stereocenters. The number of carbonyl (C=O) groups is 1. The maximum Gasteiger partial charge on any atom is 0.246 e. The number of nitrogens with zero attached hydrogens (tertiary/aromatic N) is 1. The molecule has 0 fully saturated rings. The van der Waals surface area contributed by atoms with Gasteiger partial charge in [-0.25, -0.2) is 12.7 Å². The molecule has 8 heteroatoms. The molecular weight excluding hydrogens is 376 g/mol. The first-order valence-electron chi connectivity index (χ1n) is 7.97. The Balaban J connectivity index is 2.24. The second-order valence-corrected chi connectivity index (χ2v) is 8.29. The molecule has 0 aliphatic heterocycles. The molecule has 0 unspecified atom stereocenters. The van der Waals surface area contributed by atoms with Crippen LogP contribution in [0.4, 0.5) is 5.69 Å². The third kappa shape index (κ3) is 4.97. The van der Waals surface area contributed by atoms with E-state index in [9.17, 15) is 13.2 Å². The Bertz CT molecular complexity index is 881. The molecule has 0 saturated carbocycles. The zero-order valence-corrected chi connectivity index (χ0v) is 16.4. The summed E-state index contributed by atoms with van der Waals surface area (Å²) in [6.07, 6.45) is 0.153. The number of ether oxygens (including phenoxy) is 1. The normalized spacial score (nSPS) is 11.4. The van der Waals surface area contributed by atoms with E-state index in [1.54, 1.807) is 37.3 Å².